The fraction of sp³-hybridized carbons (Fsp3) is 0.400. The monoisotopic (exact) mass is 289 g/mol. The van der Waals surface area contributed by atoms with Gasteiger partial charge in [-0.25, -0.2) is 9.78 Å². The molecule has 0 fully saturated rings. The van der Waals surface area contributed by atoms with E-state index < -0.39 is 12.0 Å². The molecule has 6 heteroatoms. The van der Waals surface area contributed by atoms with Crippen LogP contribution in [0.5, 0.6) is 0 Å². The predicted octanol–water partition coefficient (Wildman–Crippen LogP) is 1.57. The Morgan fingerprint density at radius 1 is 1.33 bits per heavy atom. The van der Waals surface area contributed by atoms with Crippen LogP contribution in [0.4, 0.5) is 0 Å². The number of carboxylic acid groups (broad SMARTS) is 1. The first-order chi connectivity index (χ1) is 9.90. The lowest BCUT2D eigenvalue weighted by molar-refractivity contribution is -0.143. The third-order valence-electron chi connectivity index (χ3n) is 3.40. The molecule has 2 rings (SSSR count). The first-order valence-corrected chi connectivity index (χ1v) is 6.84. The van der Waals surface area contributed by atoms with Crippen molar-refractivity contribution in [2.45, 2.75) is 33.4 Å². The molecule has 2 aromatic rings. The van der Waals surface area contributed by atoms with Crippen LogP contribution in [0.25, 0.3) is 11.0 Å². The summed E-state index contributed by atoms with van der Waals surface area (Å²) in [6, 6.07) is 6.65. The van der Waals surface area contributed by atoms with E-state index in [1.54, 1.807) is 18.4 Å². The Balaban J connectivity index is 2.18. The minimum Gasteiger partial charge on any atom is -0.480 e. The van der Waals surface area contributed by atoms with Crippen molar-refractivity contribution in [2.24, 2.45) is 5.92 Å². The number of para-hydroxylation sites is 2. The Kier molecular flexibility index (Phi) is 4.26. The highest BCUT2D eigenvalue weighted by atomic mass is 16.4. The third-order valence-corrected chi connectivity index (χ3v) is 3.40. The molecule has 0 spiro atoms. The van der Waals surface area contributed by atoms with Gasteiger partial charge in [0.15, 0.2) is 0 Å². The number of carboxylic acids is 1. The van der Waals surface area contributed by atoms with Crippen LogP contribution in [0, 0.1) is 12.8 Å². The second-order valence-electron chi connectivity index (χ2n) is 5.36. The molecule has 0 saturated heterocycles. The van der Waals surface area contributed by atoms with E-state index in [0.29, 0.717) is 0 Å². The van der Waals surface area contributed by atoms with Crippen LogP contribution in [0.1, 0.15) is 19.7 Å². The van der Waals surface area contributed by atoms with Crippen LogP contribution in [-0.2, 0) is 16.1 Å². The van der Waals surface area contributed by atoms with Gasteiger partial charge in [0, 0.05) is 0 Å². The van der Waals surface area contributed by atoms with Crippen molar-refractivity contribution in [1.29, 1.82) is 0 Å². The molecule has 0 aliphatic rings. The quantitative estimate of drug-likeness (QED) is 0.875. The van der Waals surface area contributed by atoms with E-state index in [2.05, 4.69) is 10.3 Å². The molecule has 1 aromatic heterocycles. The number of aryl methyl sites for hydroxylation is 1. The summed E-state index contributed by atoms with van der Waals surface area (Å²) in [6.07, 6.45) is 0. The Bertz CT molecular complexity index is 676. The highest BCUT2D eigenvalue weighted by Gasteiger charge is 2.23. The second-order valence-corrected chi connectivity index (χ2v) is 5.36. The summed E-state index contributed by atoms with van der Waals surface area (Å²) in [4.78, 5) is 27.6. The van der Waals surface area contributed by atoms with Crippen molar-refractivity contribution < 1.29 is 14.7 Å². The molecule has 0 aliphatic heterocycles. The van der Waals surface area contributed by atoms with Crippen LogP contribution in [0.3, 0.4) is 0 Å². The first kappa shape index (κ1) is 15.0. The van der Waals surface area contributed by atoms with E-state index in [9.17, 15) is 9.59 Å². The topological polar surface area (TPSA) is 84.2 Å². The van der Waals surface area contributed by atoms with Crippen molar-refractivity contribution in [1.82, 2.24) is 14.9 Å². The fourth-order valence-electron chi connectivity index (χ4n) is 2.27. The van der Waals surface area contributed by atoms with Gasteiger partial charge in [-0.05, 0) is 25.0 Å². The number of aromatic nitrogens is 2. The van der Waals surface area contributed by atoms with Gasteiger partial charge in [0.05, 0.1) is 11.0 Å². The molecule has 0 saturated carbocycles. The van der Waals surface area contributed by atoms with Gasteiger partial charge in [-0.2, -0.15) is 0 Å². The molecule has 1 aromatic carbocycles. The number of fused-ring (bicyclic) bond motifs is 1. The molecule has 1 heterocycles. The number of imidazole rings is 1. The number of aliphatic carboxylic acids is 1. The Morgan fingerprint density at radius 3 is 2.62 bits per heavy atom. The SMILES string of the molecule is Cc1nc2ccccc2n1CC(=O)N[C@@H](C(=O)O)C(C)C. The lowest BCUT2D eigenvalue weighted by atomic mass is 10.1. The van der Waals surface area contributed by atoms with Gasteiger partial charge in [0.2, 0.25) is 5.91 Å². The van der Waals surface area contributed by atoms with Gasteiger partial charge in [-0.15, -0.1) is 0 Å². The van der Waals surface area contributed by atoms with E-state index in [1.807, 2.05) is 31.2 Å². The smallest absolute Gasteiger partial charge is 0.326 e. The average Bonchev–Trinajstić information content (AvgIpc) is 2.72. The Labute approximate surface area is 122 Å². The molecule has 0 radical (unpaired) electrons. The van der Waals surface area contributed by atoms with E-state index in [4.69, 9.17) is 5.11 Å². The van der Waals surface area contributed by atoms with Gasteiger partial charge in [-0.1, -0.05) is 26.0 Å². The van der Waals surface area contributed by atoms with Gasteiger partial charge in [0.25, 0.3) is 0 Å². The number of carbonyl (C=O) groups is 2. The van der Waals surface area contributed by atoms with E-state index in [1.165, 1.54) is 0 Å². The van der Waals surface area contributed by atoms with Gasteiger partial charge in [0.1, 0.15) is 18.4 Å². The standard InChI is InChI=1S/C15H19N3O3/c1-9(2)14(15(20)21)17-13(19)8-18-10(3)16-11-6-4-5-7-12(11)18/h4-7,9,14H,8H2,1-3H3,(H,17,19)(H,20,21)/t14-/m1/s1. The first-order valence-electron chi connectivity index (χ1n) is 6.84. The van der Waals surface area contributed by atoms with Crippen molar-refractivity contribution in [2.75, 3.05) is 0 Å². The number of amides is 1. The van der Waals surface area contributed by atoms with Crippen LogP contribution in [0.2, 0.25) is 0 Å². The zero-order chi connectivity index (χ0) is 15.6. The molecule has 21 heavy (non-hydrogen) atoms. The highest BCUT2D eigenvalue weighted by Crippen LogP contribution is 2.15. The maximum atomic E-state index is 12.1. The normalized spacial score (nSPS) is 12.6. The summed E-state index contributed by atoms with van der Waals surface area (Å²) in [5, 5.41) is 11.7. The summed E-state index contributed by atoms with van der Waals surface area (Å²) in [6.45, 7) is 5.40. The number of hydrogen-bond acceptors (Lipinski definition) is 3. The van der Waals surface area contributed by atoms with Crippen LogP contribution < -0.4 is 5.32 Å². The summed E-state index contributed by atoms with van der Waals surface area (Å²) >= 11 is 0. The third kappa shape index (κ3) is 3.21. The van der Waals surface area contributed by atoms with Gasteiger partial charge >= 0.3 is 5.97 Å². The Hall–Kier alpha value is -2.37. The molecule has 112 valence electrons. The molecule has 6 nitrogen and oxygen atoms in total. The molecule has 1 atom stereocenters. The lowest BCUT2D eigenvalue weighted by Crippen LogP contribution is -2.45. The summed E-state index contributed by atoms with van der Waals surface area (Å²) in [5.74, 6) is -0.803. The van der Waals surface area contributed by atoms with Crippen molar-refractivity contribution in [3.63, 3.8) is 0 Å². The molecular weight excluding hydrogens is 270 g/mol. The number of carbonyl (C=O) groups excluding carboxylic acids is 1. The minimum atomic E-state index is -1.02. The summed E-state index contributed by atoms with van der Waals surface area (Å²) < 4.78 is 1.78. The lowest BCUT2D eigenvalue weighted by Gasteiger charge is -2.18. The van der Waals surface area contributed by atoms with Crippen molar-refractivity contribution in [3.8, 4) is 0 Å². The molecule has 2 N–H and O–H groups in total. The number of nitrogens with one attached hydrogen (secondary N) is 1. The van der Waals surface area contributed by atoms with Crippen molar-refractivity contribution in [3.05, 3.63) is 30.1 Å². The Morgan fingerprint density at radius 2 is 2.00 bits per heavy atom. The number of nitrogens with zero attached hydrogens (tertiary/aromatic N) is 2. The number of rotatable bonds is 5. The molecular formula is C15H19N3O3. The second kappa shape index (κ2) is 5.95. The highest BCUT2D eigenvalue weighted by molar-refractivity contribution is 5.85. The largest absolute Gasteiger partial charge is 0.480 e. The molecule has 1 amide bonds. The number of hydrogen-bond donors (Lipinski definition) is 2. The van der Waals surface area contributed by atoms with Gasteiger partial charge < -0.3 is 15.0 Å². The predicted molar refractivity (Wildman–Crippen MR) is 78.9 cm³/mol. The fourth-order valence-corrected chi connectivity index (χ4v) is 2.27. The minimum absolute atomic E-state index is 0.0584. The van der Waals surface area contributed by atoms with Crippen LogP contribution in [0.15, 0.2) is 24.3 Å². The maximum absolute atomic E-state index is 12.1. The van der Waals surface area contributed by atoms with Crippen LogP contribution >= 0.6 is 0 Å². The molecule has 0 aliphatic carbocycles. The van der Waals surface area contributed by atoms with E-state index in [-0.39, 0.29) is 18.4 Å². The summed E-state index contributed by atoms with van der Waals surface area (Å²) in [5.41, 5.74) is 1.68. The maximum Gasteiger partial charge on any atom is 0.326 e. The summed E-state index contributed by atoms with van der Waals surface area (Å²) in [7, 11) is 0. The van der Waals surface area contributed by atoms with E-state index in [0.717, 1.165) is 16.9 Å². The molecule has 0 unspecified atom stereocenters. The van der Waals surface area contributed by atoms with Gasteiger partial charge in [-0.3, -0.25) is 4.79 Å². The zero-order valence-electron chi connectivity index (χ0n) is 12.3. The van der Waals surface area contributed by atoms with Crippen LogP contribution in [-0.4, -0.2) is 32.6 Å². The molecule has 0 bridgehead atoms. The number of benzene rings is 1. The van der Waals surface area contributed by atoms with E-state index >= 15 is 0 Å². The zero-order valence-corrected chi connectivity index (χ0v) is 12.3. The average molecular weight is 289 g/mol. The van der Waals surface area contributed by atoms with Crippen molar-refractivity contribution >= 4 is 22.9 Å².